The van der Waals surface area contributed by atoms with E-state index in [0.29, 0.717) is 25.3 Å². The third-order valence-electron chi connectivity index (χ3n) is 5.04. The fourth-order valence-corrected chi connectivity index (χ4v) is 3.72. The van der Waals surface area contributed by atoms with E-state index in [9.17, 15) is 10.1 Å². The Morgan fingerprint density at radius 1 is 1.09 bits per heavy atom. The molecule has 5 nitrogen and oxygen atoms in total. The van der Waals surface area contributed by atoms with Gasteiger partial charge in [0.15, 0.2) is 0 Å². The molecule has 2 aliphatic heterocycles. The maximum atomic E-state index is 12.8. The minimum Gasteiger partial charge on any atom is -0.342 e. The molecule has 0 aromatic heterocycles. The predicted octanol–water partition coefficient (Wildman–Crippen LogP) is 2.54. The van der Waals surface area contributed by atoms with E-state index in [1.54, 1.807) is 0 Å². The van der Waals surface area contributed by atoms with Gasteiger partial charge in [0.25, 0.3) is 0 Å². The lowest BCUT2D eigenvalue weighted by Gasteiger charge is -2.35. The number of hydrogen-bond acceptors (Lipinski definition) is 4. The summed E-state index contributed by atoms with van der Waals surface area (Å²) >= 11 is 0. The SMILES string of the molecule is N#CCC[C@H](C#N)CN1CCC[C@H](C(=O)N2CCCCCC2)C1. The highest BCUT2D eigenvalue weighted by atomic mass is 16.2. The van der Waals surface area contributed by atoms with E-state index in [-0.39, 0.29) is 11.8 Å². The van der Waals surface area contributed by atoms with E-state index in [0.717, 1.165) is 51.9 Å². The summed E-state index contributed by atoms with van der Waals surface area (Å²) in [5.41, 5.74) is 0. The summed E-state index contributed by atoms with van der Waals surface area (Å²) in [5.74, 6) is 0.320. The largest absolute Gasteiger partial charge is 0.342 e. The van der Waals surface area contributed by atoms with Gasteiger partial charge in [-0.05, 0) is 38.6 Å². The Balaban J connectivity index is 1.85. The summed E-state index contributed by atoms with van der Waals surface area (Å²) < 4.78 is 0. The molecule has 2 saturated heterocycles. The van der Waals surface area contributed by atoms with Gasteiger partial charge in [0.2, 0.25) is 5.91 Å². The van der Waals surface area contributed by atoms with Gasteiger partial charge in [-0.15, -0.1) is 0 Å². The summed E-state index contributed by atoms with van der Waals surface area (Å²) in [5, 5.41) is 17.9. The molecule has 0 bridgehead atoms. The molecular weight excluding hydrogens is 288 g/mol. The monoisotopic (exact) mass is 316 g/mol. The summed E-state index contributed by atoms with van der Waals surface area (Å²) in [6.07, 6.45) is 7.81. The molecule has 1 amide bonds. The first-order valence-electron chi connectivity index (χ1n) is 9.02. The van der Waals surface area contributed by atoms with Crippen molar-refractivity contribution in [3.8, 4) is 12.1 Å². The number of likely N-dealkylation sites (tertiary alicyclic amines) is 2. The van der Waals surface area contributed by atoms with Crippen molar-refractivity contribution in [1.29, 1.82) is 10.5 Å². The fourth-order valence-electron chi connectivity index (χ4n) is 3.72. The van der Waals surface area contributed by atoms with Crippen LogP contribution in [-0.2, 0) is 4.79 Å². The molecule has 2 heterocycles. The molecule has 0 spiro atoms. The van der Waals surface area contributed by atoms with Gasteiger partial charge in [0.05, 0.1) is 24.0 Å². The van der Waals surface area contributed by atoms with Crippen molar-refractivity contribution >= 4 is 5.91 Å². The first-order chi connectivity index (χ1) is 11.2. The molecule has 23 heavy (non-hydrogen) atoms. The van der Waals surface area contributed by atoms with Crippen molar-refractivity contribution in [2.45, 2.75) is 51.4 Å². The average Bonchev–Trinajstić information content (AvgIpc) is 2.87. The summed E-state index contributed by atoms with van der Waals surface area (Å²) in [6.45, 7) is 4.27. The van der Waals surface area contributed by atoms with Crippen LogP contribution in [0.15, 0.2) is 0 Å². The smallest absolute Gasteiger partial charge is 0.226 e. The zero-order valence-electron chi connectivity index (χ0n) is 14.0. The second-order valence-corrected chi connectivity index (χ2v) is 6.86. The first-order valence-corrected chi connectivity index (χ1v) is 9.02. The number of piperidine rings is 1. The van der Waals surface area contributed by atoms with Crippen LogP contribution in [0.5, 0.6) is 0 Å². The zero-order valence-corrected chi connectivity index (χ0v) is 14.0. The van der Waals surface area contributed by atoms with Gasteiger partial charge < -0.3 is 9.80 Å². The number of carbonyl (C=O) groups is 1. The molecule has 0 unspecified atom stereocenters. The molecule has 5 heteroatoms. The number of rotatable bonds is 5. The zero-order chi connectivity index (χ0) is 16.5. The molecule has 0 aliphatic carbocycles. The van der Waals surface area contributed by atoms with Crippen molar-refractivity contribution in [2.24, 2.45) is 11.8 Å². The van der Waals surface area contributed by atoms with Crippen molar-refractivity contribution in [1.82, 2.24) is 9.80 Å². The molecule has 2 rings (SSSR count). The quantitative estimate of drug-likeness (QED) is 0.781. The van der Waals surface area contributed by atoms with E-state index in [2.05, 4.69) is 21.9 Å². The summed E-state index contributed by atoms with van der Waals surface area (Å²) in [6, 6.07) is 4.43. The number of nitrogens with zero attached hydrogens (tertiary/aromatic N) is 4. The Labute approximate surface area is 139 Å². The predicted molar refractivity (Wildman–Crippen MR) is 88.2 cm³/mol. The van der Waals surface area contributed by atoms with Gasteiger partial charge in [0.1, 0.15) is 0 Å². The van der Waals surface area contributed by atoms with Gasteiger partial charge >= 0.3 is 0 Å². The van der Waals surface area contributed by atoms with Gasteiger partial charge in [0, 0.05) is 32.6 Å². The number of amides is 1. The number of hydrogen-bond donors (Lipinski definition) is 0. The Hall–Kier alpha value is -1.59. The Morgan fingerprint density at radius 2 is 1.83 bits per heavy atom. The molecule has 0 aromatic rings. The number of carbonyl (C=O) groups excluding carboxylic acids is 1. The highest BCUT2D eigenvalue weighted by Crippen LogP contribution is 2.22. The van der Waals surface area contributed by atoms with E-state index in [4.69, 9.17) is 5.26 Å². The van der Waals surface area contributed by atoms with Crippen LogP contribution in [0, 0.1) is 34.5 Å². The Morgan fingerprint density at radius 3 is 2.48 bits per heavy atom. The molecule has 2 aliphatic rings. The van der Waals surface area contributed by atoms with E-state index < -0.39 is 0 Å². The second-order valence-electron chi connectivity index (χ2n) is 6.86. The second kappa shape index (κ2) is 9.53. The van der Waals surface area contributed by atoms with Gasteiger partial charge in [-0.25, -0.2) is 0 Å². The molecule has 0 saturated carbocycles. The standard InChI is InChI=1S/C18H28N4O/c19-9-5-7-16(13-20)14-21-10-6-8-17(15-21)18(23)22-11-3-1-2-4-12-22/h16-17H,1-8,10-12,14-15H2/t16-,17+/m1/s1. The van der Waals surface area contributed by atoms with Crippen LogP contribution in [0.25, 0.3) is 0 Å². The average molecular weight is 316 g/mol. The summed E-state index contributed by atoms with van der Waals surface area (Å²) in [7, 11) is 0. The number of nitriles is 2. The molecule has 2 fully saturated rings. The minimum atomic E-state index is -0.0957. The fraction of sp³-hybridized carbons (Fsp3) is 0.833. The van der Waals surface area contributed by atoms with Crippen LogP contribution in [0.2, 0.25) is 0 Å². The lowest BCUT2D eigenvalue weighted by Crippen LogP contribution is -2.46. The molecule has 0 aromatic carbocycles. The van der Waals surface area contributed by atoms with Crippen molar-refractivity contribution in [3.05, 3.63) is 0 Å². The van der Waals surface area contributed by atoms with Crippen LogP contribution >= 0.6 is 0 Å². The normalized spacial score (nSPS) is 24.3. The first kappa shape index (κ1) is 17.8. The maximum absolute atomic E-state index is 12.8. The van der Waals surface area contributed by atoms with Crippen LogP contribution in [0.3, 0.4) is 0 Å². The highest BCUT2D eigenvalue weighted by molar-refractivity contribution is 5.79. The van der Waals surface area contributed by atoms with E-state index in [1.165, 1.54) is 12.8 Å². The van der Waals surface area contributed by atoms with Gasteiger partial charge in [-0.1, -0.05) is 12.8 Å². The Kier molecular flexibility index (Phi) is 7.36. The topological polar surface area (TPSA) is 71.1 Å². The lowest BCUT2D eigenvalue weighted by atomic mass is 9.94. The molecule has 2 atom stereocenters. The van der Waals surface area contributed by atoms with Gasteiger partial charge in [-0.2, -0.15) is 10.5 Å². The Bertz CT molecular complexity index is 457. The molecule has 0 radical (unpaired) electrons. The van der Waals surface area contributed by atoms with Crippen molar-refractivity contribution in [3.63, 3.8) is 0 Å². The molecular formula is C18H28N4O. The molecule has 126 valence electrons. The van der Waals surface area contributed by atoms with Crippen LogP contribution in [0.1, 0.15) is 51.4 Å². The summed E-state index contributed by atoms with van der Waals surface area (Å²) in [4.78, 5) is 17.1. The minimum absolute atomic E-state index is 0.0946. The lowest BCUT2D eigenvalue weighted by molar-refractivity contribution is -0.137. The van der Waals surface area contributed by atoms with E-state index in [1.807, 2.05) is 0 Å². The van der Waals surface area contributed by atoms with Crippen molar-refractivity contribution < 1.29 is 4.79 Å². The van der Waals surface area contributed by atoms with E-state index >= 15 is 0 Å². The molecule has 0 N–H and O–H groups in total. The van der Waals surface area contributed by atoms with Crippen LogP contribution < -0.4 is 0 Å². The third-order valence-corrected chi connectivity index (χ3v) is 5.04. The third kappa shape index (κ3) is 5.52. The maximum Gasteiger partial charge on any atom is 0.226 e. The van der Waals surface area contributed by atoms with Crippen molar-refractivity contribution in [2.75, 3.05) is 32.7 Å². The highest BCUT2D eigenvalue weighted by Gasteiger charge is 2.30. The van der Waals surface area contributed by atoms with Gasteiger partial charge in [-0.3, -0.25) is 4.79 Å². The van der Waals surface area contributed by atoms with Crippen LogP contribution in [-0.4, -0.2) is 48.4 Å². The van der Waals surface area contributed by atoms with Crippen LogP contribution in [0.4, 0.5) is 0 Å².